The summed E-state index contributed by atoms with van der Waals surface area (Å²) in [5.74, 6) is 2.48. The van der Waals surface area contributed by atoms with Crippen LogP contribution in [0.1, 0.15) is 37.0 Å². The third-order valence-electron chi connectivity index (χ3n) is 3.52. The van der Waals surface area contributed by atoms with Gasteiger partial charge in [0.05, 0.1) is 6.61 Å². The van der Waals surface area contributed by atoms with Gasteiger partial charge in [-0.2, -0.15) is 0 Å². The topological polar surface area (TPSA) is 26.3 Å². The van der Waals surface area contributed by atoms with Crippen molar-refractivity contribution in [1.82, 2.24) is 0 Å². The highest BCUT2D eigenvalue weighted by atomic mass is 16.5. The second-order valence-corrected chi connectivity index (χ2v) is 4.71. The zero-order valence-corrected chi connectivity index (χ0v) is 9.90. The minimum absolute atomic E-state index is 0.0964. The van der Waals surface area contributed by atoms with E-state index in [1.165, 1.54) is 12.8 Å². The molecule has 0 N–H and O–H groups in total. The minimum Gasteiger partial charge on any atom is -0.493 e. The molecule has 1 saturated carbocycles. The molecule has 2 rings (SSSR count). The molecule has 1 fully saturated rings. The molecular formula is C14H18O2. The van der Waals surface area contributed by atoms with Crippen LogP contribution < -0.4 is 4.74 Å². The number of Topliss-reactive ketones (excluding diaryl/α,β-unsaturated/α-hetero) is 1. The van der Waals surface area contributed by atoms with E-state index in [4.69, 9.17) is 4.74 Å². The highest BCUT2D eigenvalue weighted by Gasteiger charge is 2.26. The summed E-state index contributed by atoms with van der Waals surface area (Å²) in [5.41, 5.74) is 0.740. The van der Waals surface area contributed by atoms with Crippen LogP contribution in [-0.2, 0) is 0 Å². The predicted octanol–water partition coefficient (Wildman–Crippen LogP) is 3.31. The van der Waals surface area contributed by atoms with Crippen LogP contribution in [0.4, 0.5) is 0 Å². The summed E-state index contributed by atoms with van der Waals surface area (Å²) in [5, 5.41) is 0. The summed E-state index contributed by atoms with van der Waals surface area (Å²) < 4.78 is 5.70. The standard InChI is InChI=1S/C14H18O2/c1-10-3-4-13(10)9-16-14-7-5-12(6-8-14)11(2)15/h5-8,10,13H,3-4,9H2,1-2H3. The molecule has 1 aromatic rings. The Morgan fingerprint density at radius 3 is 2.44 bits per heavy atom. The van der Waals surface area contributed by atoms with Crippen molar-refractivity contribution in [3.8, 4) is 5.75 Å². The Hall–Kier alpha value is -1.31. The van der Waals surface area contributed by atoms with Crippen LogP contribution in [0.3, 0.4) is 0 Å². The molecule has 16 heavy (non-hydrogen) atoms. The monoisotopic (exact) mass is 218 g/mol. The lowest BCUT2D eigenvalue weighted by Crippen LogP contribution is -2.28. The fourth-order valence-corrected chi connectivity index (χ4v) is 1.97. The average molecular weight is 218 g/mol. The van der Waals surface area contributed by atoms with Crippen LogP contribution in [0.15, 0.2) is 24.3 Å². The normalized spacial score (nSPS) is 23.6. The Balaban J connectivity index is 1.87. The molecule has 2 unspecified atom stereocenters. The van der Waals surface area contributed by atoms with E-state index in [9.17, 15) is 4.79 Å². The first-order valence-corrected chi connectivity index (χ1v) is 5.90. The van der Waals surface area contributed by atoms with Gasteiger partial charge in [-0.25, -0.2) is 0 Å². The quantitative estimate of drug-likeness (QED) is 0.725. The molecule has 0 radical (unpaired) electrons. The van der Waals surface area contributed by atoms with E-state index in [0.717, 1.165) is 23.8 Å². The van der Waals surface area contributed by atoms with Gasteiger partial charge in [-0.05, 0) is 55.9 Å². The second kappa shape index (κ2) is 4.69. The summed E-state index contributed by atoms with van der Waals surface area (Å²) in [7, 11) is 0. The lowest BCUT2D eigenvalue weighted by Gasteiger charge is -2.33. The summed E-state index contributed by atoms with van der Waals surface area (Å²) in [4.78, 5) is 11.1. The van der Waals surface area contributed by atoms with E-state index in [2.05, 4.69) is 6.92 Å². The van der Waals surface area contributed by atoms with Crippen molar-refractivity contribution in [2.24, 2.45) is 11.8 Å². The molecule has 0 spiro atoms. The molecule has 0 amide bonds. The first-order valence-electron chi connectivity index (χ1n) is 5.90. The van der Waals surface area contributed by atoms with E-state index >= 15 is 0 Å². The van der Waals surface area contributed by atoms with Gasteiger partial charge in [-0.3, -0.25) is 4.79 Å². The molecule has 1 aliphatic carbocycles. The van der Waals surface area contributed by atoms with Crippen molar-refractivity contribution in [2.75, 3.05) is 6.61 Å². The fraction of sp³-hybridized carbons (Fsp3) is 0.500. The number of benzene rings is 1. The predicted molar refractivity (Wildman–Crippen MR) is 63.8 cm³/mol. The molecule has 0 heterocycles. The number of ketones is 1. The zero-order valence-electron chi connectivity index (χ0n) is 9.90. The van der Waals surface area contributed by atoms with E-state index in [1.807, 2.05) is 24.3 Å². The average Bonchev–Trinajstić information content (AvgIpc) is 2.28. The van der Waals surface area contributed by atoms with Gasteiger partial charge in [0.15, 0.2) is 5.78 Å². The van der Waals surface area contributed by atoms with Crippen molar-refractivity contribution in [3.63, 3.8) is 0 Å². The molecule has 2 nitrogen and oxygen atoms in total. The van der Waals surface area contributed by atoms with E-state index in [-0.39, 0.29) is 5.78 Å². The Labute approximate surface area is 96.6 Å². The summed E-state index contributed by atoms with van der Waals surface area (Å²) in [6, 6.07) is 7.39. The van der Waals surface area contributed by atoms with Gasteiger partial charge in [-0.1, -0.05) is 6.92 Å². The highest BCUT2D eigenvalue weighted by Crippen LogP contribution is 2.33. The maximum atomic E-state index is 11.1. The highest BCUT2D eigenvalue weighted by molar-refractivity contribution is 5.94. The third-order valence-corrected chi connectivity index (χ3v) is 3.52. The van der Waals surface area contributed by atoms with Crippen molar-refractivity contribution in [2.45, 2.75) is 26.7 Å². The maximum Gasteiger partial charge on any atom is 0.159 e. The Morgan fingerprint density at radius 1 is 1.31 bits per heavy atom. The van der Waals surface area contributed by atoms with E-state index in [1.54, 1.807) is 6.92 Å². The summed E-state index contributed by atoms with van der Waals surface area (Å²) >= 11 is 0. The molecular weight excluding hydrogens is 200 g/mol. The van der Waals surface area contributed by atoms with Gasteiger partial charge in [0.1, 0.15) is 5.75 Å². The second-order valence-electron chi connectivity index (χ2n) is 4.71. The SMILES string of the molecule is CC(=O)c1ccc(OCC2CCC2C)cc1. The molecule has 0 bridgehead atoms. The van der Waals surface area contributed by atoms with Crippen LogP contribution in [0.2, 0.25) is 0 Å². The van der Waals surface area contributed by atoms with E-state index in [0.29, 0.717) is 5.92 Å². The first-order chi connectivity index (χ1) is 7.66. The maximum absolute atomic E-state index is 11.1. The largest absolute Gasteiger partial charge is 0.493 e. The van der Waals surface area contributed by atoms with Crippen LogP contribution in [0, 0.1) is 11.8 Å². The molecule has 2 heteroatoms. The molecule has 0 saturated heterocycles. The Morgan fingerprint density at radius 2 is 2.00 bits per heavy atom. The van der Waals surface area contributed by atoms with Gasteiger partial charge >= 0.3 is 0 Å². The first kappa shape index (κ1) is 11.2. The lowest BCUT2D eigenvalue weighted by molar-refractivity contribution is 0.101. The van der Waals surface area contributed by atoms with E-state index < -0.39 is 0 Å². The van der Waals surface area contributed by atoms with Crippen LogP contribution >= 0.6 is 0 Å². The number of hydrogen-bond acceptors (Lipinski definition) is 2. The smallest absolute Gasteiger partial charge is 0.159 e. The lowest BCUT2D eigenvalue weighted by atomic mass is 9.75. The van der Waals surface area contributed by atoms with Crippen molar-refractivity contribution >= 4 is 5.78 Å². The molecule has 86 valence electrons. The molecule has 1 aliphatic rings. The molecule has 2 atom stereocenters. The summed E-state index contributed by atoms with van der Waals surface area (Å²) in [6.07, 6.45) is 2.62. The molecule has 1 aromatic carbocycles. The summed E-state index contributed by atoms with van der Waals surface area (Å²) in [6.45, 7) is 4.66. The van der Waals surface area contributed by atoms with Crippen LogP contribution in [0.25, 0.3) is 0 Å². The number of hydrogen-bond donors (Lipinski definition) is 0. The van der Waals surface area contributed by atoms with Gasteiger partial charge in [-0.15, -0.1) is 0 Å². The Bertz CT molecular complexity index is 367. The molecule has 0 aromatic heterocycles. The van der Waals surface area contributed by atoms with Gasteiger partial charge in [0, 0.05) is 5.56 Å². The van der Waals surface area contributed by atoms with Gasteiger partial charge in [0.25, 0.3) is 0 Å². The number of rotatable bonds is 4. The Kier molecular flexibility index (Phi) is 3.28. The van der Waals surface area contributed by atoms with Gasteiger partial charge < -0.3 is 4.74 Å². The fourth-order valence-electron chi connectivity index (χ4n) is 1.97. The number of carbonyl (C=O) groups excluding carboxylic acids is 1. The van der Waals surface area contributed by atoms with Crippen LogP contribution in [0.5, 0.6) is 5.75 Å². The number of carbonyl (C=O) groups is 1. The minimum atomic E-state index is 0.0964. The zero-order chi connectivity index (χ0) is 11.5. The third kappa shape index (κ3) is 2.43. The van der Waals surface area contributed by atoms with Crippen molar-refractivity contribution in [1.29, 1.82) is 0 Å². The van der Waals surface area contributed by atoms with Crippen molar-refractivity contribution < 1.29 is 9.53 Å². The number of ether oxygens (including phenoxy) is 1. The van der Waals surface area contributed by atoms with Gasteiger partial charge in [0.2, 0.25) is 0 Å². The molecule has 0 aliphatic heterocycles. The van der Waals surface area contributed by atoms with Crippen molar-refractivity contribution in [3.05, 3.63) is 29.8 Å². The van der Waals surface area contributed by atoms with Crippen LogP contribution in [-0.4, -0.2) is 12.4 Å².